The summed E-state index contributed by atoms with van der Waals surface area (Å²) in [6, 6.07) is 14.0. The molecule has 1 aliphatic rings. The highest BCUT2D eigenvalue weighted by atomic mass is 35.5. The summed E-state index contributed by atoms with van der Waals surface area (Å²) < 4.78 is 0. The van der Waals surface area contributed by atoms with Crippen LogP contribution in [0.3, 0.4) is 0 Å². The first-order chi connectivity index (χ1) is 13.8. The largest absolute Gasteiger partial charge is 0.365 e. The van der Waals surface area contributed by atoms with Gasteiger partial charge in [-0.05, 0) is 55.7 Å². The summed E-state index contributed by atoms with van der Waals surface area (Å²) in [6.07, 6.45) is 2.19. The number of nitrogens with zero attached hydrogens (tertiary/aromatic N) is 3. The first-order valence-corrected chi connectivity index (χ1v) is 9.76. The van der Waals surface area contributed by atoms with Gasteiger partial charge in [0.15, 0.2) is 0 Å². The molecule has 0 unspecified atom stereocenters. The maximum absolute atomic E-state index is 11.9. The molecule has 1 aromatic heterocycles. The highest BCUT2D eigenvalue weighted by molar-refractivity contribution is 6.01. The van der Waals surface area contributed by atoms with Gasteiger partial charge in [-0.3, -0.25) is 14.5 Å². The average Bonchev–Trinajstić information content (AvgIpc) is 2.99. The fourth-order valence-corrected chi connectivity index (χ4v) is 3.52. The number of carbonyl (C=O) groups excluding carboxylic acids is 2. The van der Waals surface area contributed by atoms with Crippen LogP contribution in [0.5, 0.6) is 0 Å². The number of carbonyl (C=O) groups is 2. The molecular weight excluding hydrogens is 400 g/mol. The van der Waals surface area contributed by atoms with Crippen LogP contribution in [-0.4, -0.2) is 32.2 Å². The molecule has 7 heteroatoms. The maximum Gasteiger partial charge on any atom is 0.229 e. The molecule has 3 aromatic rings. The SMILES string of the molecule is CC(C)(C)Nc1ncnc2ccc(-c3cccc(CN4C(=O)CCC4=O)c3)cc12.Cl. The summed E-state index contributed by atoms with van der Waals surface area (Å²) in [5.41, 5.74) is 3.74. The summed E-state index contributed by atoms with van der Waals surface area (Å²) >= 11 is 0. The molecule has 0 bridgehead atoms. The lowest BCUT2D eigenvalue weighted by Gasteiger charge is -2.22. The molecule has 2 amide bonds. The highest BCUT2D eigenvalue weighted by Crippen LogP contribution is 2.29. The number of halogens is 1. The Morgan fingerprint density at radius 1 is 0.967 bits per heavy atom. The molecule has 0 spiro atoms. The van der Waals surface area contributed by atoms with Crippen LogP contribution in [-0.2, 0) is 16.1 Å². The predicted octanol–water partition coefficient (Wildman–Crippen LogP) is 4.58. The van der Waals surface area contributed by atoms with Gasteiger partial charge in [-0.1, -0.05) is 24.3 Å². The van der Waals surface area contributed by atoms with E-state index in [9.17, 15) is 9.59 Å². The molecule has 6 nitrogen and oxygen atoms in total. The van der Waals surface area contributed by atoms with E-state index < -0.39 is 0 Å². The third-order valence-corrected chi connectivity index (χ3v) is 4.88. The lowest BCUT2D eigenvalue weighted by molar-refractivity contribution is -0.139. The van der Waals surface area contributed by atoms with Crippen LogP contribution >= 0.6 is 12.4 Å². The minimum absolute atomic E-state index is 0. The number of fused-ring (bicyclic) bond motifs is 1. The molecule has 156 valence electrons. The number of aromatic nitrogens is 2. The van der Waals surface area contributed by atoms with Gasteiger partial charge in [0.05, 0.1) is 12.1 Å². The fraction of sp³-hybridized carbons (Fsp3) is 0.304. The fourth-order valence-electron chi connectivity index (χ4n) is 3.52. The molecular formula is C23H25ClN4O2. The standard InChI is InChI=1S/C23H24N4O2.ClH/c1-23(2,3)26-22-18-12-17(7-8-19(18)24-14-25-22)16-6-4-5-15(11-16)13-27-20(28)9-10-21(27)29;/h4-8,11-12,14H,9-10,13H2,1-3H3,(H,24,25,26);1H. The monoisotopic (exact) mass is 424 g/mol. The molecule has 0 radical (unpaired) electrons. The quantitative estimate of drug-likeness (QED) is 0.620. The number of hydrogen-bond donors (Lipinski definition) is 1. The molecule has 2 aromatic carbocycles. The Kier molecular flexibility index (Phi) is 6.08. The Balaban J connectivity index is 0.00000256. The van der Waals surface area contributed by atoms with Crippen molar-refractivity contribution >= 4 is 40.9 Å². The second-order valence-corrected chi connectivity index (χ2v) is 8.40. The number of anilines is 1. The number of rotatable bonds is 4. The van der Waals surface area contributed by atoms with Crippen molar-refractivity contribution in [2.24, 2.45) is 0 Å². The molecule has 2 heterocycles. The first kappa shape index (κ1) is 21.7. The van der Waals surface area contributed by atoms with Crippen molar-refractivity contribution in [3.05, 3.63) is 54.4 Å². The Bertz CT molecular complexity index is 1090. The lowest BCUT2D eigenvalue weighted by Crippen LogP contribution is -2.28. The molecule has 0 atom stereocenters. The van der Waals surface area contributed by atoms with E-state index in [1.54, 1.807) is 6.33 Å². The number of nitrogens with one attached hydrogen (secondary N) is 1. The van der Waals surface area contributed by atoms with Crippen molar-refractivity contribution in [2.75, 3.05) is 5.32 Å². The zero-order valence-electron chi connectivity index (χ0n) is 17.3. The van der Waals surface area contributed by atoms with Gasteiger partial charge in [-0.25, -0.2) is 9.97 Å². The summed E-state index contributed by atoms with van der Waals surface area (Å²) in [4.78, 5) is 34.0. The van der Waals surface area contributed by atoms with Crippen molar-refractivity contribution in [3.8, 4) is 11.1 Å². The van der Waals surface area contributed by atoms with Crippen LogP contribution in [0, 0.1) is 0 Å². The number of benzene rings is 2. The smallest absolute Gasteiger partial charge is 0.229 e. The third kappa shape index (κ3) is 4.60. The summed E-state index contributed by atoms with van der Waals surface area (Å²) in [5, 5.41) is 4.39. The van der Waals surface area contributed by atoms with E-state index in [4.69, 9.17) is 0 Å². The Labute approximate surface area is 182 Å². The molecule has 1 saturated heterocycles. The van der Waals surface area contributed by atoms with Crippen LogP contribution < -0.4 is 5.32 Å². The number of imide groups is 1. The van der Waals surface area contributed by atoms with Gasteiger partial charge in [0, 0.05) is 23.8 Å². The van der Waals surface area contributed by atoms with Gasteiger partial charge in [0.25, 0.3) is 0 Å². The molecule has 4 rings (SSSR count). The van der Waals surface area contributed by atoms with Crippen molar-refractivity contribution in [1.29, 1.82) is 0 Å². The molecule has 0 saturated carbocycles. The summed E-state index contributed by atoms with van der Waals surface area (Å²) in [6.45, 7) is 6.60. The maximum atomic E-state index is 11.9. The minimum Gasteiger partial charge on any atom is -0.365 e. The average molecular weight is 425 g/mol. The van der Waals surface area contributed by atoms with Gasteiger partial charge in [-0.2, -0.15) is 0 Å². The summed E-state index contributed by atoms with van der Waals surface area (Å²) in [7, 11) is 0. The number of amides is 2. The zero-order chi connectivity index (χ0) is 20.6. The van der Waals surface area contributed by atoms with Gasteiger partial charge in [-0.15, -0.1) is 12.4 Å². The number of likely N-dealkylation sites (tertiary alicyclic amines) is 1. The van der Waals surface area contributed by atoms with E-state index in [1.165, 1.54) is 4.90 Å². The van der Waals surface area contributed by atoms with E-state index in [-0.39, 0.29) is 29.8 Å². The van der Waals surface area contributed by atoms with Crippen LogP contribution in [0.4, 0.5) is 5.82 Å². The second kappa shape index (κ2) is 8.40. The van der Waals surface area contributed by atoms with Crippen molar-refractivity contribution in [1.82, 2.24) is 14.9 Å². The van der Waals surface area contributed by atoms with Crippen LogP contribution in [0.1, 0.15) is 39.2 Å². The van der Waals surface area contributed by atoms with Crippen LogP contribution in [0.25, 0.3) is 22.0 Å². The van der Waals surface area contributed by atoms with Gasteiger partial charge >= 0.3 is 0 Å². The Morgan fingerprint density at radius 3 is 2.37 bits per heavy atom. The van der Waals surface area contributed by atoms with Gasteiger partial charge in [0.1, 0.15) is 12.1 Å². The van der Waals surface area contributed by atoms with Crippen LogP contribution in [0.15, 0.2) is 48.8 Å². The van der Waals surface area contributed by atoms with Gasteiger partial charge in [0.2, 0.25) is 11.8 Å². The third-order valence-electron chi connectivity index (χ3n) is 4.88. The predicted molar refractivity (Wildman–Crippen MR) is 120 cm³/mol. The van der Waals surface area contributed by atoms with E-state index in [2.05, 4.69) is 42.1 Å². The van der Waals surface area contributed by atoms with Crippen molar-refractivity contribution < 1.29 is 9.59 Å². The van der Waals surface area contributed by atoms with E-state index in [0.29, 0.717) is 19.4 Å². The van der Waals surface area contributed by atoms with E-state index in [1.807, 2.05) is 36.4 Å². The van der Waals surface area contributed by atoms with Crippen molar-refractivity contribution in [3.63, 3.8) is 0 Å². The molecule has 1 aliphatic heterocycles. The van der Waals surface area contributed by atoms with Crippen LogP contribution in [0.2, 0.25) is 0 Å². The Hall–Kier alpha value is -2.99. The molecule has 30 heavy (non-hydrogen) atoms. The Morgan fingerprint density at radius 2 is 1.67 bits per heavy atom. The molecule has 1 N–H and O–H groups in total. The highest BCUT2D eigenvalue weighted by Gasteiger charge is 2.28. The number of hydrogen-bond acceptors (Lipinski definition) is 5. The second-order valence-electron chi connectivity index (χ2n) is 8.40. The molecule has 1 fully saturated rings. The topological polar surface area (TPSA) is 75.2 Å². The zero-order valence-corrected chi connectivity index (χ0v) is 18.1. The summed E-state index contributed by atoms with van der Waals surface area (Å²) in [5.74, 6) is 0.607. The van der Waals surface area contributed by atoms with Crippen molar-refractivity contribution in [2.45, 2.75) is 45.7 Å². The molecule has 0 aliphatic carbocycles. The normalized spacial score (nSPS) is 14.2. The van der Waals surface area contributed by atoms with E-state index in [0.717, 1.165) is 33.4 Å². The minimum atomic E-state index is -0.119. The lowest BCUT2D eigenvalue weighted by atomic mass is 10.0. The van der Waals surface area contributed by atoms with E-state index >= 15 is 0 Å². The van der Waals surface area contributed by atoms with Gasteiger partial charge < -0.3 is 5.32 Å². The first-order valence-electron chi connectivity index (χ1n) is 9.76.